The lowest BCUT2D eigenvalue weighted by molar-refractivity contribution is 0.772. The Hall–Kier alpha value is -1.61. The van der Waals surface area contributed by atoms with E-state index < -0.39 is 0 Å². The average molecular weight is 229 g/mol. The Morgan fingerprint density at radius 2 is 2.12 bits per heavy atom. The van der Waals surface area contributed by atoms with Gasteiger partial charge in [0.2, 0.25) is 0 Å². The van der Waals surface area contributed by atoms with Crippen molar-refractivity contribution < 1.29 is 0 Å². The van der Waals surface area contributed by atoms with Gasteiger partial charge in [0, 0.05) is 25.7 Å². The average Bonchev–Trinajstić information content (AvgIpc) is 2.77. The van der Waals surface area contributed by atoms with Crippen LogP contribution in [0.3, 0.4) is 0 Å². The number of imidazole rings is 1. The highest BCUT2D eigenvalue weighted by molar-refractivity contribution is 5.25. The summed E-state index contributed by atoms with van der Waals surface area (Å²) in [6.45, 7) is 4.02. The summed E-state index contributed by atoms with van der Waals surface area (Å²) < 4.78 is 2.15. The van der Waals surface area contributed by atoms with Gasteiger partial charge in [0.05, 0.1) is 12.0 Å². The highest BCUT2D eigenvalue weighted by atomic mass is 15.0. The molecule has 0 fully saturated rings. The number of hydrogen-bond acceptors (Lipinski definition) is 2. The molecule has 0 saturated carbocycles. The van der Waals surface area contributed by atoms with Crippen LogP contribution in [0.1, 0.15) is 16.8 Å². The first kappa shape index (κ1) is 11.9. The highest BCUT2D eigenvalue weighted by Crippen LogP contribution is 2.09. The number of aromatic nitrogens is 2. The van der Waals surface area contributed by atoms with Gasteiger partial charge >= 0.3 is 0 Å². The van der Waals surface area contributed by atoms with Crippen LogP contribution >= 0.6 is 0 Å². The summed E-state index contributed by atoms with van der Waals surface area (Å²) in [4.78, 5) is 4.40. The van der Waals surface area contributed by atoms with Gasteiger partial charge in [-0.2, -0.15) is 0 Å². The molecule has 2 rings (SSSR count). The minimum Gasteiger partial charge on any atom is -0.333 e. The molecule has 3 heteroatoms. The van der Waals surface area contributed by atoms with Crippen LogP contribution in [0.4, 0.5) is 0 Å². The van der Waals surface area contributed by atoms with Crippen molar-refractivity contribution in [3.63, 3.8) is 0 Å². The maximum absolute atomic E-state index is 4.40. The zero-order valence-corrected chi connectivity index (χ0v) is 10.5. The molecular weight excluding hydrogens is 210 g/mol. The van der Waals surface area contributed by atoms with E-state index >= 15 is 0 Å². The maximum atomic E-state index is 4.40. The molecular formula is C14H19N3. The minimum absolute atomic E-state index is 0.902. The van der Waals surface area contributed by atoms with Crippen LogP contribution in [-0.2, 0) is 13.0 Å². The van der Waals surface area contributed by atoms with Crippen molar-refractivity contribution >= 4 is 0 Å². The Balaban J connectivity index is 2.04. The zero-order valence-electron chi connectivity index (χ0n) is 10.5. The van der Waals surface area contributed by atoms with Gasteiger partial charge in [-0.3, -0.25) is 0 Å². The van der Waals surface area contributed by atoms with Crippen LogP contribution in [0.25, 0.3) is 0 Å². The van der Waals surface area contributed by atoms with Crippen LogP contribution in [-0.4, -0.2) is 23.1 Å². The van der Waals surface area contributed by atoms with Gasteiger partial charge in [-0.15, -0.1) is 0 Å². The summed E-state index contributed by atoms with van der Waals surface area (Å²) in [6.07, 6.45) is 5.03. The van der Waals surface area contributed by atoms with Gasteiger partial charge in [-0.05, 0) is 25.1 Å². The molecule has 0 spiro atoms. The molecule has 0 bridgehead atoms. The van der Waals surface area contributed by atoms with E-state index in [-0.39, 0.29) is 0 Å². The fourth-order valence-electron chi connectivity index (χ4n) is 1.86. The molecule has 1 aromatic heterocycles. The zero-order chi connectivity index (χ0) is 12.1. The molecule has 1 N–H and O–H groups in total. The summed E-state index contributed by atoms with van der Waals surface area (Å²) in [5, 5.41) is 3.13. The van der Waals surface area contributed by atoms with E-state index in [0.717, 1.165) is 25.2 Å². The summed E-state index contributed by atoms with van der Waals surface area (Å²) in [5.74, 6) is 0. The van der Waals surface area contributed by atoms with Crippen molar-refractivity contribution in [2.24, 2.45) is 0 Å². The largest absolute Gasteiger partial charge is 0.333 e. The van der Waals surface area contributed by atoms with E-state index in [9.17, 15) is 0 Å². The second kappa shape index (κ2) is 5.64. The number of nitrogens with one attached hydrogen (secondary N) is 1. The first-order valence-electron chi connectivity index (χ1n) is 5.99. The van der Waals surface area contributed by atoms with Gasteiger partial charge in [-0.25, -0.2) is 4.98 Å². The number of benzene rings is 1. The van der Waals surface area contributed by atoms with Crippen LogP contribution in [0.2, 0.25) is 0 Å². The second-order valence-electron chi connectivity index (χ2n) is 4.32. The van der Waals surface area contributed by atoms with E-state index in [1.54, 1.807) is 0 Å². The molecule has 0 unspecified atom stereocenters. The normalized spacial score (nSPS) is 10.7. The monoisotopic (exact) mass is 229 g/mol. The van der Waals surface area contributed by atoms with Crippen molar-refractivity contribution in [1.82, 2.24) is 14.9 Å². The molecule has 1 heterocycles. The van der Waals surface area contributed by atoms with E-state index in [2.05, 4.69) is 52.3 Å². The molecule has 0 amide bonds. The number of aryl methyl sites for hydroxylation is 1. The van der Waals surface area contributed by atoms with Crippen molar-refractivity contribution in [2.45, 2.75) is 19.9 Å². The van der Waals surface area contributed by atoms with E-state index in [1.807, 2.05) is 13.4 Å². The first-order valence-corrected chi connectivity index (χ1v) is 5.99. The fourth-order valence-corrected chi connectivity index (χ4v) is 1.86. The molecule has 0 saturated heterocycles. The summed E-state index contributed by atoms with van der Waals surface area (Å²) in [7, 11) is 1.96. The standard InChI is InChI=1S/C14H19N3/c1-12-5-3-4-6-13(12)9-17-10-14(16-11-17)7-8-15-2/h3-6,10-11,15H,7-9H2,1-2H3. The number of likely N-dealkylation sites (N-methyl/N-ethyl adjacent to an activating group) is 1. The Labute approximate surface area is 103 Å². The van der Waals surface area contributed by atoms with Crippen LogP contribution < -0.4 is 5.32 Å². The Morgan fingerprint density at radius 1 is 1.29 bits per heavy atom. The molecule has 2 aromatic rings. The third kappa shape index (κ3) is 3.17. The number of hydrogen-bond donors (Lipinski definition) is 1. The van der Waals surface area contributed by atoms with E-state index in [0.29, 0.717) is 0 Å². The lowest BCUT2D eigenvalue weighted by Crippen LogP contribution is -2.10. The van der Waals surface area contributed by atoms with Gasteiger partial charge in [0.1, 0.15) is 0 Å². The molecule has 3 nitrogen and oxygen atoms in total. The van der Waals surface area contributed by atoms with Crippen LogP contribution in [0, 0.1) is 6.92 Å². The molecule has 0 aliphatic carbocycles. The number of rotatable bonds is 5. The van der Waals surface area contributed by atoms with Crippen LogP contribution in [0.15, 0.2) is 36.8 Å². The predicted octanol–water partition coefficient (Wildman–Crippen LogP) is 2.00. The SMILES string of the molecule is CNCCc1cn(Cc2ccccc2C)cn1. The quantitative estimate of drug-likeness (QED) is 0.850. The lowest BCUT2D eigenvalue weighted by atomic mass is 10.1. The molecule has 1 aromatic carbocycles. The van der Waals surface area contributed by atoms with E-state index in [4.69, 9.17) is 0 Å². The van der Waals surface area contributed by atoms with Crippen molar-refractivity contribution in [3.05, 3.63) is 53.6 Å². The maximum Gasteiger partial charge on any atom is 0.0952 e. The molecule has 90 valence electrons. The lowest BCUT2D eigenvalue weighted by Gasteiger charge is -2.05. The highest BCUT2D eigenvalue weighted by Gasteiger charge is 2.01. The molecule has 0 atom stereocenters. The molecule has 17 heavy (non-hydrogen) atoms. The van der Waals surface area contributed by atoms with Crippen molar-refractivity contribution in [3.8, 4) is 0 Å². The first-order chi connectivity index (χ1) is 8.29. The summed E-state index contributed by atoms with van der Waals surface area (Å²) >= 11 is 0. The van der Waals surface area contributed by atoms with Gasteiger partial charge in [-0.1, -0.05) is 24.3 Å². The smallest absolute Gasteiger partial charge is 0.0952 e. The summed E-state index contributed by atoms with van der Waals surface area (Å²) in [5.41, 5.74) is 3.83. The summed E-state index contributed by atoms with van der Waals surface area (Å²) in [6, 6.07) is 8.48. The fraction of sp³-hybridized carbons (Fsp3) is 0.357. The van der Waals surface area contributed by atoms with Gasteiger partial charge < -0.3 is 9.88 Å². The minimum atomic E-state index is 0.902. The molecule has 0 radical (unpaired) electrons. The third-order valence-corrected chi connectivity index (χ3v) is 2.93. The van der Waals surface area contributed by atoms with Crippen molar-refractivity contribution in [2.75, 3.05) is 13.6 Å². The Morgan fingerprint density at radius 3 is 2.88 bits per heavy atom. The van der Waals surface area contributed by atoms with Gasteiger partial charge in [0.15, 0.2) is 0 Å². The third-order valence-electron chi connectivity index (χ3n) is 2.93. The van der Waals surface area contributed by atoms with Crippen LogP contribution in [0.5, 0.6) is 0 Å². The Kier molecular flexibility index (Phi) is 3.94. The van der Waals surface area contributed by atoms with Crippen molar-refractivity contribution in [1.29, 1.82) is 0 Å². The molecule has 0 aliphatic heterocycles. The van der Waals surface area contributed by atoms with Gasteiger partial charge in [0.25, 0.3) is 0 Å². The predicted molar refractivity (Wildman–Crippen MR) is 70.1 cm³/mol. The number of nitrogens with zero attached hydrogens (tertiary/aromatic N) is 2. The second-order valence-corrected chi connectivity index (χ2v) is 4.32. The Bertz CT molecular complexity index is 474. The van der Waals surface area contributed by atoms with E-state index in [1.165, 1.54) is 11.1 Å². The molecule has 0 aliphatic rings. The topological polar surface area (TPSA) is 29.9 Å².